The summed E-state index contributed by atoms with van der Waals surface area (Å²) in [7, 11) is 0. The minimum Gasteiger partial charge on any atom is -0.480 e. The van der Waals surface area contributed by atoms with Crippen molar-refractivity contribution in [1.82, 2.24) is 0 Å². The molecule has 1 heterocycles. The van der Waals surface area contributed by atoms with Gasteiger partial charge in [-0.15, -0.1) is 0 Å². The zero-order chi connectivity index (χ0) is 11.6. The number of esters is 1. The first kappa shape index (κ1) is 11.4. The number of carboxylic acids is 1. The summed E-state index contributed by atoms with van der Waals surface area (Å²) in [5.74, 6) is -1.64. The van der Waals surface area contributed by atoms with Gasteiger partial charge in [-0.25, -0.2) is 0 Å². The second-order valence-corrected chi connectivity index (χ2v) is 4.50. The normalized spacial score (nSPS) is 27.1. The molecule has 1 saturated carbocycles. The number of hydrogen-bond acceptors (Lipinski definition) is 4. The molecule has 90 valence electrons. The van der Waals surface area contributed by atoms with Crippen molar-refractivity contribution >= 4 is 11.9 Å². The molecule has 1 aliphatic heterocycles. The summed E-state index contributed by atoms with van der Waals surface area (Å²) in [4.78, 5) is 23.1. The fraction of sp³-hybridized carbons (Fsp3) is 0.818. The number of carboxylic acid groups (broad SMARTS) is 1. The monoisotopic (exact) mass is 228 g/mol. The minimum absolute atomic E-state index is 0.0154. The van der Waals surface area contributed by atoms with Gasteiger partial charge in [0.2, 0.25) is 0 Å². The minimum atomic E-state index is -1.30. The smallest absolute Gasteiger partial charge is 0.323 e. The van der Waals surface area contributed by atoms with Crippen molar-refractivity contribution in [2.24, 2.45) is 5.41 Å². The maximum absolute atomic E-state index is 11.8. The SMILES string of the molecule is O=C(O)C1(C(=O)OCC2CO2)CCCCC1. The Balaban J connectivity index is 1.98. The lowest BCUT2D eigenvalue weighted by molar-refractivity contribution is -0.171. The Labute approximate surface area is 93.7 Å². The molecule has 0 spiro atoms. The van der Waals surface area contributed by atoms with Gasteiger partial charge in [-0.1, -0.05) is 19.3 Å². The average Bonchev–Trinajstić information content (AvgIpc) is 3.10. The second-order valence-electron chi connectivity index (χ2n) is 4.50. The van der Waals surface area contributed by atoms with Gasteiger partial charge in [0, 0.05) is 0 Å². The first-order valence-electron chi connectivity index (χ1n) is 5.67. The topological polar surface area (TPSA) is 76.1 Å². The number of hydrogen-bond donors (Lipinski definition) is 1. The summed E-state index contributed by atoms with van der Waals surface area (Å²) in [5.41, 5.74) is -1.30. The van der Waals surface area contributed by atoms with Crippen LogP contribution in [0.5, 0.6) is 0 Å². The van der Waals surface area contributed by atoms with Gasteiger partial charge in [-0.05, 0) is 12.8 Å². The summed E-state index contributed by atoms with van der Waals surface area (Å²) in [5, 5.41) is 9.21. The molecule has 1 saturated heterocycles. The van der Waals surface area contributed by atoms with E-state index in [1.54, 1.807) is 0 Å². The molecular weight excluding hydrogens is 212 g/mol. The van der Waals surface area contributed by atoms with Gasteiger partial charge in [0.15, 0.2) is 5.41 Å². The fourth-order valence-corrected chi connectivity index (χ4v) is 2.13. The Kier molecular flexibility index (Phi) is 3.14. The summed E-state index contributed by atoms with van der Waals surface area (Å²) in [6.07, 6.45) is 3.33. The zero-order valence-electron chi connectivity index (χ0n) is 9.11. The maximum Gasteiger partial charge on any atom is 0.323 e. The Morgan fingerprint density at radius 3 is 2.44 bits per heavy atom. The van der Waals surface area contributed by atoms with E-state index in [0.29, 0.717) is 19.4 Å². The van der Waals surface area contributed by atoms with Crippen LogP contribution in [0.15, 0.2) is 0 Å². The third kappa shape index (κ3) is 2.19. The highest BCUT2D eigenvalue weighted by Gasteiger charge is 2.48. The van der Waals surface area contributed by atoms with Gasteiger partial charge in [0.05, 0.1) is 6.61 Å². The Hall–Kier alpha value is -1.10. The van der Waals surface area contributed by atoms with E-state index in [9.17, 15) is 14.7 Å². The molecule has 5 heteroatoms. The van der Waals surface area contributed by atoms with Crippen LogP contribution < -0.4 is 0 Å². The van der Waals surface area contributed by atoms with Gasteiger partial charge >= 0.3 is 11.9 Å². The summed E-state index contributed by atoms with van der Waals surface area (Å²) in [6.45, 7) is 0.793. The molecule has 1 unspecified atom stereocenters. The van der Waals surface area contributed by atoms with Crippen molar-refractivity contribution in [2.45, 2.75) is 38.2 Å². The predicted octanol–water partition coefficient (Wildman–Crippen LogP) is 0.963. The molecule has 0 aromatic carbocycles. The summed E-state index contributed by atoms with van der Waals surface area (Å²) >= 11 is 0. The number of rotatable bonds is 4. The summed E-state index contributed by atoms with van der Waals surface area (Å²) < 4.78 is 9.94. The van der Waals surface area contributed by atoms with E-state index in [1.807, 2.05) is 0 Å². The third-order valence-electron chi connectivity index (χ3n) is 3.31. The third-order valence-corrected chi connectivity index (χ3v) is 3.31. The largest absolute Gasteiger partial charge is 0.480 e. The van der Waals surface area contributed by atoms with Crippen molar-refractivity contribution in [3.8, 4) is 0 Å². The molecule has 1 aliphatic carbocycles. The molecule has 2 fully saturated rings. The van der Waals surface area contributed by atoms with Crippen LogP contribution in [0.3, 0.4) is 0 Å². The zero-order valence-corrected chi connectivity index (χ0v) is 9.11. The quantitative estimate of drug-likeness (QED) is 0.440. The number of aliphatic carboxylic acids is 1. The van der Waals surface area contributed by atoms with E-state index >= 15 is 0 Å². The van der Waals surface area contributed by atoms with Crippen LogP contribution in [0.1, 0.15) is 32.1 Å². The number of carbonyl (C=O) groups is 2. The molecule has 0 amide bonds. The van der Waals surface area contributed by atoms with Crippen molar-refractivity contribution < 1.29 is 24.2 Å². The lowest BCUT2D eigenvalue weighted by Gasteiger charge is -2.30. The van der Waals surface area contributed by atoms with Crippen molar-refractivity contribution in [3.63, 3.8) is 0 Å². The molecule has 5 nitrogen and oxygen atoms in total. The van der Waals surface area contributed by atoms with E-state index in [4.69, 9.17) is 9.47 Å². The number of carbonyl (C=O) groups excluding carboxylic acids is 1. The Bertz CT molecular complexity index is 289. The van der Waals surface area contributed by atoms with E-state index in [2.05, 4.69) is 0 Å². The van der Waals surface area contributed by atoms with E-state index in [-0.39, 0.29) is 12.7 Å². The average molecular weight is 228 g/mol. The first-order chi connectivity index (χ1) is 7.65. The van der Waals surface area contributed by atoms with Crippen LogP contribution in [-0.4, -0.2) is 36.4 Å². The van der Waals surface area contributed by atoms with Crippen molar-refractivity contribution in [2.75, 3.05) is 13.2 Å². The van der Waals surface area contributed by atoms with Gasteiger partial charge in [0.25, 0.3) is 0 Å². The van der Waals surface area contributed by atoms with Crippen molar-refractivity contribution in [1.29, 1.82) is 0 Å². The van der Waals surface area contributed by atoms with Gasteiger partial charge in [0.1, 0.15) is 12.7 Å². The van der Waals surface area contributed by atoms with E-state index in [0.717, 1.165) is 19.3 Å². The highest BCUT2D eigenvalue weighted by Crippen LogP contribution is 2.38. The van der Waals surface area contributed by atoms with Crippen LogP contribution in [0.25, 0.3) is 0 Å². The second kappa shape index (κ2) is 4.41. The van der Waals surface area contributed by atoms with Crippen molar-refractivity contribution in [3.05, 3.63) is 0 Å². The predicted molar refractivity (Wildman–Crippen MR) is 53.9 cm³/mol. The molecule has 2 aliphatic rings. The molecule has 0 aromatic rings. The lowest BCUT2D eigenvalue weighted by Crippen LogP contribution is -2.42. The highest BCUT2D eigenvalue weighted by molar-refractivity contribution is 5.99. The lowest BCUT2D eigenvalue weighted by atomic mass is 9.74. The molecule has 2 rings (SSSR count). The van der Waals surface area contributed by atoms with E-state index < -0.39 is 17.4 Å². The first-order valence-corrected chi connectivity index (χ1v) is 5.67. The number of ether oxygens (including phenoxy) is 2. The molecule has 16 heavy (non-hydrogen) atoms. The molecule has 0 radical (unpaired) electrons. The molecule has 1 N–H and O–H groups in total. The molecule has 0 aromatic heterocycles. The van der Waals surface area contributed by atoms with Gasteiger partial charge in [-0.3, -0.25) is 9.59 Å². The van der Waals surface area contributed by atoms with E-state index in [1.165, 1.54) is 0 Å². The van der Waals surface area contributed by atoms with Crippen LogP contribution in [0.2, 0.25) is 0 Å². The molecule has 0 bridgehead atoms. The highest BCUT2D eigenvalue weighted by atomic mass is 16.6. The van der Waals surface area contributed by atoms with Gasteiger partial charge < -0.3 is 14.6 Å². The van der Waals surface area contributed by atoms with Crippen LogP contribution in [0.4, 0.5) is 0 Å². The van der Waals surface area contributed by atoms with Crippen LogP contribution in [0, 0.1) is 5.41 Å². The summed E-state index contributed by atoms with van der Waals surface area (Å²) in [6, 6.07) is 0. The Morgan fingerprint density at radius 1 is 1.31 bits per heavy atom. The van der Waals surface area contributed by atoms with Crippen LogP contribution in [-0.2, 0) is 19.1 Å². The Morgan fingerprint density at radius 2 is 1.94 bits per heavy atom. The van der Waals surface area contributed by atoms with Crippen LogP contribution >= 0.6 is 0 Å². The maximum atomic E-state index is 11.8. The van der Waals surface area contributed by atoms with Gasteiger partial charge in [-0.2, -0.15) is 0 Å². The molecule has 1 atom stereocenters. The fourth-order valence-electron chi connectivity index (χ4n) is 2.13. The number of epoxide rings is 1. The molecular formula is C11H16O5. The standard InChI is InChI=1S/C11H16O5/c12-9(13)11(4-2-1-3-5-11)10(14)16-7-8-6-15-8/h8H,1-7H2,(H,12,13).